The normalized spacial score (nSPS) is 29.8. The van der Waals surface area contributed by atoms with Crippen molar-refractivity contribution < 1.29 is 9.47 Å². The minimum atomic E-state index is -0.347. The Morgan fingerprint density at radius 1 is 1.65 bits per heavy atom. The van der Waals surface area contributed by atoms with Gasteiger partial charge in [-0.15, -0.1) is 0 Å². The minimum absolute atomic E-state index is 0.233. The molecule has 0 unspecified atom stereocenters. The first-order valence-electron chi connectivity index (χ1n) is 5.19. The van der Waals surface area contributed by atoms with Crippen molar-refractivity contribution in [1.82, 2.24) is 9.55 Å². The molecular formula is C9H9N5O3. The summed E-state index contributed by atoms with van der Waals surface area (Å²) in [6, 6.07) is 1.36. The highest BCUT2D eigenvalue weighted by Crippen LogP contribution is 2.35. The first-order chi connectivity index (χ1) is 8.28. The summed E-state index contributed by atoms with van der Waals surface area (Å²) in [5.74, 6) is 0. The molecule has 0 spiro atoms. The predicted octanol–water partition coefficient (Wildman–Crippen LogP) is 0.602. The SMILES string of the molecule is [N-]=[N+]=N[C@H]1C[C@@H]2O[C@@H]1COc1nc(=O)ccn12. The van der Waals surface area contributed by atoms with Crippen LogP contribution < -0.4 is 10.3 Å². The molecule has 8 nitrogen and oxygen atoms in total. The van der Waals surface area contributed by atoms with Crippen LogP contribution in [0.2, 0.25) is 0 Å². The van der Waals surface area contributed by atoms with E-state index in [1.807, 2.05) is 0 Å². The van der Waals surface area contributed by atoms with Gasteiger partial charge < -0.3 is 9.47 Å². The van der Waals surface area contributed by atoms with E-state index in [9.17, 15) is 4.79 Å². The third-order valence-corrected chi connectivity index (χ3v) is 2.90. The monoisotopic (exact) mass is 235 g/mol. The highest BCUT2D eigenvalue weighted by Gasteiger charge is 2.39. The molecule has 2 aliphatic rings. The average molecular weight is 235 g/mol. The Balaban J connectivity index is 1.99. The predicted molar refractivity (Wildman–Crippen MR) is 55.5 cm³/mol. The molecule has 0 aliphatic carbocycles. The highest BCUT2D eigenvalue weighted by atomic mass is 16.6. The van der Waals surface area contributed by atoms with Gasteiger partial charge in [0.25, 0.3) is 5.56 Å². The Morgan fingerprint density at radius 3 is 3.35 bits per heavy atom. The lowest BCUT2D eigenvalue weighted by Gasteiger charge is -2.16. The van der Waals surface area contributed by atoms with Crippen molar-refractivity contribution in [3.63, 3.8) is 0 Å². The number of azide groups is 1. The number of hydrogen-bond acceptors (Lipinski definition) is 5. The first kappa shape index (κ1) is 10.1. The molecule has 0 saturated carbocycles. The quantitative estimate of drug-likeness (QED) is 0.404. The van der Waals surface area contributed by atoms with E-state index in [1.165, 1.54) is 6.07 Å². The van der Waals surface area contributed by atoms with Gasteiger partial charge in [-0.1, -0.05) is 5.11 Å². The van der Waals surface area contributed by atoms with E-state index < -0.39 is 0 Å². The van der Waals surface area contributed by atoms with Crippen molar-refractivity contribution >= 4 is 0 Å². The topological polar surface area (TPSA) is 102 Å². The summed E-state index contributed by atoms with van der Waals surface area (Å²) < 4.78 is 12.7. The summed E-state index contributed by atoms with van der Waals surface area (Å²) in [5.41, 5.74) is 8.10. The lowest BCUT2D eigenvalue weighted by Crippen LogP contribution is -2.27. The number of ether oxygens (including phenoxy) is 2. The maximum Gasteiger partial charge on any atom is 0.301 e. The van der Waals surface area contributed by atoms with Gasteiger partial charge in [0.2, 0.25) is 0 Å². The first-order valence-corrected chi connectivity index (χ1v) is 5.19. The Hall–Kier alpha value is -2.05. The van der Waals surface area contributed by atoms with Gasteiger partial charge >= 0.3 is 6.01 Å². The maximum absolute atomic E-state index is 11.1. The van der Waals surface area contributed by atoms with E-state index >= 15 is 0 Å². The van der Waals surface area contributed by atoms with Gasteiger partial charge in [-0.25, -0.2) is 0 Å². The van der Waals surface area contributed by atoms with Crippen LogP contribution in [0.25, 0.3) is 10.4 Å². The zero-order chi connectivity index (χ0) is 11.8. The van der Waals surface area contributed by atoms with E-state index in [0.29, 0.717) is 6.42 Å². The fourth-order valence-corrected chi connectivity index (χ4v) is 2.10. The van der Waals surface area contributed by atoms with Crippen LogP contribution in [-0.2, 0) is 4.74 Å². The molecule has 0 radical (unpaired) electrons. The van der Waals surface area contributed by atoms with Crippen LogP contribution in [-0.4, -0.2) is 28.3 Å². The largest absolute Gasteiger partial charge is 0.462 e. The van der Waals surface area contributed by atoms with Crippen molar-refractivity contribution in [3.8, 4) is 6.01 Å². The lowest BCUT2D eigenvalue weighted by atomic mass is 10.1. The Kier molecular flexibility index (Phi) is 2.24. The summed E-state index contributed by atoms with van der Waals surface area (Å²) in [6.07, 6.45) is 1.57. The molecule has 2 aliphatic heterocycles. The highest BCUT2D eigenvalue weighted by molar-refractivity contribution is 5.05. The molecule has 1 aromatic heterocycles. The molecule has 17 heavy (non-hydrogen) atoms. The second-order valence-corrected chi connectivity index (χ2v) is 3.90. The summed E-state index contributed by atoms with van der Waals surface area (Å²) in [6.45, 7) is 0.233. The van der Waals surface area contributed by atoms with Gasteiger partial charge in [0, 0.05) is 23.6 Å². The van der Waals surface area contributed by atoms with Crippen molar-refractivity contribution in [2.45, 2.75) is 24.8 Å². The molecule has 1 fully saturated rings. The number of hydrogen-bond donors (Lipinski definition) is 0. The molecule has 1 saturated heterocycles. The number of fused-ring (bicyclic) bond motifs is 4. The fourth-order valence-electron chi connectivity index (χ4n) is 2.10. The minimum Gasteiger partial charge on any atom is -0.462 e. The van der Waals surface area contributed by atoms with Crippen LogP contribution in [0.5, 0.6) is 6.01 Å². The molecule has 88 valence electrons. The number of aromatic nitrogens is 2. The van der Waals surface area contributed by atoms with Gasteiger partial charge in [-0.05, 0) is 5.53 Å². The van der Waals surface area contributed by atoms with Crippen LogP contribution in [0.4, 0.5) is 0 Å². The standard InChI is InChI=1S/C9H9N5O3/c10-13-12-5-3-8-14-2-1-7(15)11-9(14)16-4-6(5)17-8/h1-2,5-6,8H,3-4H2/t5-,6+,8-/m0/s1. The van der Waals surface area contributed by atoms with E-state index in [0.717, 1.165) is 0 Å². The van der Waals surface area contributed by atoms with Crippen molar-refractivity contribution in [1.29, 1.82) is 0 Å². The van der Waals surface area contributed by atoms with E-state index in [2.05, 4.69) is 15.0 Å². The zero-order valence-corrected chi connectivity index (χ0v) is 8.76. The lowest BCUT2D eigenvalue weighted by molar-refractivity contribution is 0.00192. The maximum atomic E-state index is 11.1. The number of nitrogens with zero attached hydrogens (tertiary/aromatic N) is 5. The third-order valence-electron chi connectivity index (χ3n) is 2.90. The van der Waals surface area contributed by atoms with Gasteiger partial charge in [0.1, 0.15) is 18.9 Å². The molecule has 2 bridgehead atoms. The molecule has 3 rings (SSSR count). The molecule has 0 aromatic carbocycles. The van der Waals surface area contributed by atoms with E-state index in [4.69, 9.17) is 15.0 Å². The zero-order valence-electron chi connectivity index (χ0n) is 8.76. The van der Waals surface area contributed by atoms with Crippen LogP contribution in [0.1, 0.15) is 12.6 Å². The van der Waals surface area contributed by atoms with Crippen LogP contribution in [0.15, 0.2) is 22.2 Å². The van der Waals surface area contributed by atoms with Gasteiger partial charge in [0.15, 0.2) is 0 Å². The Morgan fingerprint density at radius 2 is 2.53 bits per heavy atom. The van der Waals surface area contributed by atoms with Crippen LogP contribution >= 0.6 is 0 Å². The molecule has 0 N–H and O–H groups in total. The number of rotatable bonds is 1. The third kappa shape index (κ3) is 1.63. The fraction of sp³-hybridized carbons (Fsp3) is 0.556. The molecule has 3 heterocycles. The summed E-state index contributed by atoms with van der Waals surface area (Å²) in [7, 11) is 0. The van der Waals surface area contributed by atoms with Crippen LogP contribution in [0, 0.1) is 0 Å². The molecular weight excluding hydrogens is 226 g/mol. The van der Waals surface area contributed by atoms with Crippen molar-refractivity contribution in [2.24, 2.45) is 5.11 Å². The summed E-state index contributed by atoms with van der Waals surface area (Å²) in [5, 5.41) is 3.68. The summed E-state index contributed by atoms with van der Waals surface area (Å²) >= 11 is 0. The molecule has 1 aromatic rings. The van der Waals surface area contributed by atoms with Crippen molar-refractivity contribution in [2.75, 3.05) is 6.61 Å². The Labute approximate surface area is 95.4 Å². The molecule has 3 atom stereocenters. The second kappa shape index (κ2) is 3.76. The van der Waals surface area contributed by atoms with Gasteiger partial charge in [-0.2, -0.15) is 4.98 Å². The van der Waals surface area contributed by atoms with Crippen LogP contribution in [0.3, 0.4) is 0 Å². The van der Waals surface area contributed by atoms with Gasteiger partial charge in [-0.3, -0.25) is 9.36 Å². The summed E-state index contributed by atoms with van der Waals surface area (Å²) in [4.78, 5) is 17.7. The van der Waals surface area contributed by atoms with Crippen molar-refractivity contribution in [3.05, 3.63) is 33.1 Å². The van der Waals surface area contributed by atoms with Gasteiger partial charge in [0.05, 0.1) is 6.04 Å². The van der Waals surface area contributed by atoms with E-state index in [-0.39, 0.29) is 36.6 Å². The smallest absolute Gasteiger partial charge is 0.301 e. The Bertz CT molecular complexity index is 550. The second-order valence-electron chi connectivity index (χ2n) is 3.90. The molecule has 8 heteroatoms. The van der Waals surface area contributed by atoms with E-state index in [1.54, 1.807) is 10.8 Å². The molecule has 0 amide bonds. The average Bonchev–Trinajstić information content (AvgIpc) is 2.60.